The number of amides is 2. The van der Waals surface area contributed by atoms with E-state index in [1.165, 1.54) is 0 Å². The van der Waals surface area contributed by atoms with E-state index in [0.717, 1.165) is 43.1 Å². The van der Waals surface area contributed by atoms with E-state index in [4.69, 9.17) is 9.47 Å². The Bertz CT molecular complexity index is 2250. The van der Waals surface area contributed by atoms with Gasteiger partial charge in [0, 0.05) is 11.1 Å². The molecule has 0 aromatic heterocycles. The third-order valence-electron chi connectivity index (χ3n) is 8.58. The van der Waals surface area contributed by atoms with E-state index in [-0.39, 0.29) is 38.1 Å². The molecule has 7 rings (SSSR count). The largest absolute Gasteiger partial charge is 0.460 e. The molecule has 246 valence electrons. The number of nitrogens with one attached hydrogen (secondary N) is 2. The average Bonchev–Trinajstić information content (AvgIpc) is 3.15. The molecule has 0 fully saturated rings. The maximum atomic E-state index is 12.9. The van der Waals surface area contributed by atoms with Gasteiger partial charge in [-0.15, -0.1) is 0 Å². The molecule has 8 heteroatoms. The number of hydrogen-bond donors (Lipinski definition) is 2. The Morgan fingerprint density at radius 3 is 1.18 bits per heavy atom. The number of benzene rings is 7. The zero-order chi connectivity index (χ0) is 34.5. The zero-order valence-corrected chi connectivity index (χ0v) is 27.0. The number of esters is 2. The molecule has 0 heterocycles. The van der Waals surface area contributed by atoms with E-state index in [2.05, 4.69) is 10.6 Å². The van der Waals surface area contributed by atoms with Gasteiger partial charge in [-0.3, -0.25) is 9.59 Å². The zero-order valence-electron chi connectivity index (χ0n) is 27.0. The van der Waals surface area contributed by atoms with Crippen LogP contribution in [0, 0.1) is 0 Å². The van der Waals surface area contributed by atoms with Crippen LogP contribution in [0.4, 0.5) is 0 Å². The summed E-state index contributed by atoms with van der Waals surface area (Å²) in [6.07, 6.45) is 0. The molecule has 7 aromatic carbocycles. The smallest absolute Gasteiger partial charge is 0.338 e. The summed E-state index contributed by atoms with van der Waals surface area (Å²) in [7, 11) is 0. The highest BCUT2D eigenvalue weighted by molar-refractivity contribution is 6.10. The Balaban J connectivity index is 0.863. The highest BCUT2D eigenvalue weighted by Gasteiger charge is 2.15. The van der Waals surface area contributed by atoms with Crippen molar-refractivity contribution in [1.82, 2.24) is 10.6 Å². The third-order valence-corrected chi connectivity index (χ3v) is 8.58. The molecule has 7 aromatic rings. The number of ether oxygens (including phenoxy) is 2. The minimum absolute atomic E-state index is 0.00297. The number of rotatable bonds is 10. The minimum Gasteiger partial charge on any atom is -0.460 e. The summed E-state index contributed by atoms with van der Waals surface area (Å²) in [6, 6.07) is 41.2. The molecule has 0 atom stereocenters. The summed E-state index contributed by atoms with van der Waals surface area (Å²) in [6.45, 7) is 0.233. The van der Waals surface area contributed by atoms with Crippen LogP contribution in [0.3, 0.4) is 0 Å². The Labute approximate surface area is 287 Å². The Kier molecular flexibility index (Phi) is 9.16. The van der Waals surface area contributed by atoms with Gasteiger partial charge in [-0.2, -0.15) is 0 Å². The van der Waals surface area contributed by atoms with Crippen molar-refractivity contribution in [3.8, 4) is 0 Å². The van der Waals surface area contributed by atoms with Crippen LogP contribution in [0.5, 0.6) is 0 Å². The second-order valence-electron chi connectivity index (χ2n) is 11.8. The molecular formula is C42H32N2O6. The first-order valence-corrected chi connectivity index (χ1v) is 16.3. The molecule has 2 amide bonds. The number of hydrogen-bond acceptors (Lipinski definition) is 6. The maximum Gasteiger partial charge on any atom is 0.338 e. The van der Waals surface area contributed by atoms with E-state index < -0.39 is 11.9 Å². The molecular weight excluding hydrogens is 628 g/mol. The lowest BCUT2D eigenvalue weighted by atomic mass is 10.00. The predicted molar refractivity (Wildman–Crippen MR) is 195 cm³/mol. The topological polar surface area (TPSA) is 111 Å². The lowest BCUT2D eigenvalue weighted by Gasteiger charge is -2.10. The first-order chi connectivity index (χ1) is 24.4. The van der Waals surface area contributed by atoms with Crippen molar-refractivity contribution < 1.29 is 28.7 Å². The molecule has 0 spiro atoms. The first kappa shape index (κ1) is 32.0. The van der Waals surface area contributed by atoms with Crippen LogP contribution in [-0.4, -0.2) is 50.1 Å². The van der Waals surface area contributed by atoms with Crippen molar-refractivity contribution in [2.75, 3.05) is 26.3 Å². The molecule has 0 aliphatic heterocycles. The van der Waals surface area contributed by atoms with Crippen LogP contribution in [0.25, 0.3) is 43.1 Å². The van der Waals surface area contributed by atoms with Crippen molar-refractivity contribution in [2.24, 2.45) is 0 Å². The lowest BCUT2D eigenvalue weighted by molar-refractivity contribution is 0.0498. The van der Waals surface area contributed by atoms with E-state index >= 15 is 0 Å². The number of carbonyl (C=O) groups excluding carboxylic acids is 4. The van der Waals surface area contributed by atoms with Crippen LogP contribution in [0.2, 0.25) is 0 Å². The highest BCUT2D eigenvalue weighted by Crippen LogP contribution is 2.27. The average molecular weight is 661 g/mol. The quantitative estimate of drug-likeness (QED) is 0.0895. The summed E-state index contributed by atoms with van der Waals surface area (Å²) >= 11 is 0. The molecule has 0 unspecified atom stereocenters. The number of carbonyl (C=O) groups is 4. The highest BCUT2D eigenvalue weighted by atomic mass is 16.5. The van der Waals surface area contributed by atoms with Crippen LogP contribution in [-0.2, 0) is 9.47 Å². The molecule has 0 bridgehead atoms. The summed E-state index contributed by atoms with van der Waals surface area (Å²) in [5.74, 6) is -1.66. The standard InChI is InChI=1S/C42H32N2O6/c45-39(43-19-21-49-41(47)35-13-5-11-33-23-29-7-1-3-9-31(29)25-37(33)35)27-15-17-28(18-16-27)40(46)44-20-22-50-42(48)36-14-6-12-34-24-30-8-2-4-10-32(30)26-38(34)36/h1-18,23-26H,19-22H2,(H,43,45)(H,44,46). The van der Waals surface area contributed by atoms with Crippen molar-refractivity contribution in [3.63, 3.8) is 0 Å². The van der Waals surface area contributed by atoms with Crippen molar-refractivity contribution in [1.29, 1.82) is 0 Å². The normalized spacial score (nSPS) is 11.0. The summed E-state index contributed by atoms with van der Waals surface area (Å²) in [5.41, 5.74) is 1.63. The maximum absolute atomic E-state index is 12.9. The van der Waals surface area contributed by atoms with E-state index in [1.54, 1.807) is 36.4 Å². The van der Waals surface area contributed by atoms with E-state index in [1.807, 2.05) is 97.1 Å². The Morgan fingerprint density at radius 2 is 0.780 bits per heavy atom. The second kappa shape index (κ2) is 14.3. The van der Waals surface area contributed by atoms with Crippen LogP contribution < -0.4 is 10.6 Å². The van der Waals surface area contributed by atoms with Gasteiger partial charge < -0.3 is 20.1 Å². The van der Waals surface area contributed by atoms with Gasteiger partial charge in [0.2, 0.25) is 0 Å². The summed E-state index contributed by atoms with van der Waals surface area (Å²) in [4.78, 5) is 51.1. The predicted octanol–water partition coefficient (Wildman–Crippen LogP) is 7.47. The third kappa shape index (κ3) is 6.86. The fraction of sp³-hybridized carbons (Fsp3) is 0.0952. The summed E-state index contributed by atoms with van der Waals surface area (Å²) < 4.78 is 10.9. The monoisotopic (exact) mass is 660 g/mol. The molecule has 2 N–H and O–H groups in total. The Morgan fingerprint density at radius 1 is 0.420 bits per heavy atom. The van der Waals surface area contributed by atoms with Gasteiger partial charge >= 0.3 is 11.9 Å². The van der Waals surface area contributed by atoms with Crippen LogP contribution in [0.15, 0.2) is 133 Å². The fourth-order valence-corrected chi connectivity index (χ4v) is 6.04. The van der Waals surface area contributed by atoms with Crippen LogP contribution in [0.1, 0.15) is 41.4 Å². The first-order valence-electron chi connectivity index (χ1n) is 16.3. The van der Waals surface area contributed by atoms with Crippen molar-refractivity contribution in [2.45, 2.75) is 0 Å². The minimum atomic E-state index is -0.465. The molecule has 8 nitrogen and oxygen atoms in total. The molecule has 0 radical (unpaired) electrons. The molecule has 50 heavy (non-hydrogen) atoms. The van der Waals surface area contributed by atoms with Gasteiger partial charge in [0.1, 0.15) is 13.2 Å². The van der Waals surface area contributed by atoms with Gasteiger partial charge in [0.25, 0.3) is 11.8 Å². The Hall–Kier alpha value is -6.54. The van der Waals surface area contributed by atoms with Gasteiger partial charge in [0.15, 0.2) is 0 Å². The fourth-order valence-electron chi connectivity index (χ4n) is 6.04. The van der Waals surface area contributed by atoms with Gasteiger partial charge in [-0.1, -0.05) is 72.8 Å². The molecule has 0 aliphatic rings. The number of fused-ring (bicyclic) bond motifs is 4. The van der Waals surface area contributed by atoms with Crippen molar-refractivity contribution in [3.05, 3.63) is 156 Å². The van der Waals surface area contributed by atoms with Crippen LogP contribution >= 0.6 is 0 Å². The second-order valence-corrected chi connectivity index (χ2v) is 11.8. The van der Waals surface area contributed by atoms with Crippen molar-refractivity contribution >= 4 is 66.8 Å². The summed E-state index contributed by atoms with van der Waals surface area (Å²) in [5, 5.41) is 13.2. The SMILES string of the molecule is O=C(NCCOC(=O)c1cccc2cc3ccccc3cc12)c1ccc(C(=O)NCCOC(=O)c2cccc3cc4ccccc4cc23)cc1. The van der Waals surface area contributed by atoms with E-state index in [0.29, 0.717) is 22.3 Å². The lowest BCUT2D eigenvalue weighted by Crippen LogP contribution is -2.29. The van der Waals surface area contributed by atoms with Gasteiger partial charge in [0.05, 0.1) is 24.2 Å². The van der Waals surface area contributed by atoms with E-state index in [9.17, 15) is 19.2 Å². The van der Waals surface area contributed by atoms with Gasteiger partial charge in [-0.05, 0) is 104 Å². The molecule has 0 aliphatic carbocycles. The van der Waals surface area contributed by atoms with Gasteiger partial charge in [-0.25, -0.2) is 9.59 Å². The molecule has 0 saturated heterocycles. The molecule has 0 saturated carbocycles.